The normalized spacial score (nSPS) is 16.5. The Bertz CT molecular complexity index is 776. The molecule has 1 fully saturated rings. The molecule has 1 aliphatic rings. The van der Waals surface area contributed by atoms with Crippen LogP contribution in [-0.2, 0) is 6.54 Å². The highest BCUT2D eigenvalue weighted by molar-refractivity contribution is 14.0. The predicted molar refractivity (Wildman–Crippen MR) is 124 cm³/mol. The Morgan fingerprint density at radius 2 is 2.00 bits per heavy atom. The summed E-state index contributed by atoms with van der Waals surface area (Å²) in [5.74, 6) is 0.873. The monoisotopic (exact) mass is 516 g/mol. The van der Waals surface area contributed by atoms with Gasteiger partial charge in [0.15, 0.2) is 5.96 Å². The van der Waals surface area contributed by atoms with Crippen LogP contribution >= 0.6 is 24.0 Å². The Morgan fingerprint density at radius 1 is 1.21 bits per heavy atom. The number of alkyl halides is 2. The Labute approximate surface area is 187 Å². The second kappa shape index (κ2) is 11.8. The topological polar surface area (TPSA) is 48.9 Å². The van der Waals surface area contributed by atoms with Gasteiger partial charge in [-0.2, -0.15) is 8.78 Å². The van der Waals surface area contributed by atoms with Gasteiger partial charge in [-0.05, 0) is 43.2 Å². The average Bonchev–Trinajstić information content (AvgIpc) is 3.15. The lowest BCUT2D eigenvalue weighted by molar-refractivity contribution is -0.0498. The van der Waals surface area contributed by atoms with Gasteiger partial charge in [-0.3, -0.25) is 0 Å². The highest BCUT2D eigenvalue weighted by atomic mass is 127. The van der Waals surface area contributed by atoms with E-state index in [0.717, 1.165) is 37.6 Å². The van der Waals surface area contributed by atoms with E-state index in [0.29, 0.717) is 12.6 Å². The van der Waals surface area contributed by atoms with E-state index in [1.807, 2.05) is 31.2 Å². The number of rotatable bonds is 7. The van der Waals surface area contributed by atoms with Crippen LogP contribution < -0.4 is 20.3 Å². The van der Waals surface area contributed by atoms with Crippen LogP contribution in [0.1, 0.15) is 18.9 Å². The van der Waals surface area contributed by atoms with Crippen LogP contribution in [0.2, 0.25) is 0 Å². The van der Waals surface area contributed by atoms with E-state index >= 15 is 0 Å². The minimum Gasteiger partial charge on any atom is -0.435 e. The van der Waals surface area contributed by atoms with E-state index in [-0.39, 0.29) is 29.7 Å². The van der Waals surface area contributed by atoms with Crippen molar-refractivity contribution in [3.05, 3.63) is 60.2 Å². The van der Waals surface area contributed by atoms with E-state index in [4.69, 9.17) is 0 Å². The van der Waals surface area contributed by atoms with Gasteiger partial charge in [0.1, 0.15) is 5.75 Å². The standard InChI is InChI=1S/C21H26F2N4O.HI/c1-2-24-21(25-14-16-7-6-10-19(13-16)28-20(22)23)26-17-11-12-27(15-17)18-8-4-3-5-9-18;/h3-10,13,17,20H,2,11-12,14-15H2,1H3,(H2,24,25,26);1H. The predicted octanol–water partition coefficient (Wildman–Crippen LogP) is 4.24. The van der Waals surface area contributed by atoms with E-state index in [9.17, 15) is 8.78 Å². The average molecular weight is 516 g/mol. The van der Waals surface area contributed by atoms with Crippen LogP contribution in [0.5, 0.6) is 5.75 Å². The number of hydrogen-bond acceptors (Lipinski definition) is 3. The molecule has 0 amide bonds. The van der Waals surface area contributed by atoms with E-state index in [2.05, 4.69) is 37.4 Å². The van der Waals surface area contributed by atoms with Crippen molar-refractivity contribution in [2.24, 2.45) is 4.99 Å². The van der Waals surface area contributed by atoms with Crippen LogP contribution in [-0.4, -0.2) is 38.2 Å². The van der Waals surface area contributed by atoms with Crippen molar-refractivity contribution >= 4 is 35.6 Å². The molecule has 2 aromatic rings. The Balaban J connectivity index is 0.00000300. The highest BCUT2D eigenvalue weighted by Crippen LogP contribution is 2.20. The number of anilines is 1. The molecule has 2 N–H and O–H groups in total. The van der Waals surface area contributed by atoms with Crippen molar-refractivity contribution in [1.29, 1.82) is 0 Å². The maximum absolute atomic E-state index is 12.4. The number of halogens is 3. The number of hydrogen-bond donors (Lipinski definition) is 2. The number of nitrogens with one attached hydrogen (secondary N) is 2. The van der Waals surface area contributed by atoms with Gasteiger partial charge < -0.3 is 20.3 Å². The summed E-state index contributed by atoms with van der Waals surface area (Å²) < 4.78 is 29.2. The zero-order valence-corrected chi connectivity index (χ0v) is 18.7. The number of nitrogens with zero attached hydrogens (tertiary/aromatic N) is 2. The maximum Gasteiger partial charge on any atom is 0.387 e. The molecule has 0 aliphatic carbocycles. The fourth-order valence-electron chi connectivity index (χ4n) is 3.26. The molecular weight excluding hydrogens is 489 g/mol. The molecule has 1 aliphatic heterocycles. The lowest BCUT2D eigenvalue weighted by atomic mass is 10.2. The van der Waals surface area contributed by atoms with Crippen molar-refractivity contribution < 1.29 is 13.5 Å². The van der Waals surface area contributed by atoms with E-state index < -0.39 is 6.61 Å². The smallest absolute Gasteiger partial charge is 0.387 e. The zero-order valence-electron chi connectivity index (χ0n) is 16.4. The van der Waals surface area contributed by atoms with Gasteiger partial charge in [-0.25, -0.2) is 4.99 Å². The molecule has 1 saturated heterocycles. The van der Waals surface area contributed by atoms with Gasteiger partial charge in [0.05, 0.1) is 6.54 Å². The number of para-hydroxylation sites is 1. The van der Waals surface area contributed by atoms with E-state index in [1.165, 1.54) is 11.8 Å². The molecule has 0 aromatic heterocycles. The van der Waals surface area contributed by atoms with Gasteiger partial charge >= 0.3 is 6.61 Å². The van der Waals surface area contributed by atoms with Crippen LogP contribution in [0.25, 0.3) is 0 Å². The summed E-state index contributed by atoms with van der Waals surface area (Å²) >= 11 is 0. The van der Waals surface area contributed by atoms with Crippen molar-refractivity contribution in [2.75, 3.05) is 24.5 Å². The molecule has 2 aromatic carbocycles. The van der Waals surface area contributed by atoms with Crippen molar-refractivity contribution in [1.82, 2.24) is 10.6 Å². The molecule has 158 valence electrons. The fourth-order valence-corrected chi connectivity index (χ4v) is 3.26. The number of benzene rings is 2. The number of guanidine groups is 1. The third-order valence-corrected chi connectivity index (χ3v) is 4.54. The fraction of sp³-hybridized carbons (Fsp3) is 0.381. The van der Waals surface area contributed by atoms with Gasteiger partial charge in [0.2, 0.25) is 0 Å². The minimum atomic E-state index is -2.83. The molecule has 3 rings (SSSR count). The van der Waals surface area contributed by atoms with Crippen molar-refractivity contribution in [2.45, 2.75) is 32.5 Å². The SMILES string of the molecule is CCNC(=NCc1cccc(OC(F)F)c1)NC1CCN(c2ccccc2)C1.I. The summed E-state index contributed by atoms with van der Waals surface area (Å²) in [5.41, 5.74) is 2.04. The van der Waals surface area contributed by atoms with Crippen molar-refractivity contribution in [3.63, 3.8) is 0 Å². The van der Waals surface area contributed by atoms with Crippen LogP contribution in [0, 0.1) is 0 Å². The first-order chi connectivity index (χ1) is 13.6. The first kappa shape index (κ1) is 23.2. The van der Waals surface area contributed by atoms with Gasteiger partial charge in [-0.1, -0.05) is 30.3 Å². The number of aliphatic imine (C=N–C) groups is 1. The molecule has 1 atom stereocenters. The third kappa shape index (κ3) is 7.34. The van der Waals surface area contributed by atoms with Crippen LogP contribution in [0.15, 0.2) is 59.6 Å². The Morgan fingerprint density at radius 3 is 2.72 bits per heavy atom. The molecule has 0 radical (unpaired) electrons. The summed E-state index contributed by atoms with van der Waals surface area (Å²) in [4.78, 5) is 6.95. The third-order valence-electron chi connectivity index (χ3n) is 4.54. The molecule has 0 spiro atoms. The first-order valence-electron chi connectivity index (χ1n) is 9.52. The summed E-state index contributed by atoms with van der Waals surface area (Å²) in [6.45, 7) is 2.22. The summed E-state index contributed by atoms with van der Waals surface area (Å²) in [6.07, 6.45) is 1.02. The molecular formula is C21H27F2IN4O. The maximum atomic E-state index is 12.4. The first-order valence-corrected chi connectivity index (χ1v) is 9.52. The van der Waals surface area contributed by atoms with Crippen molar-refractivity contribution in [3.8, 4) is 5.75 Å². The molecule has 1 heterocycles. The van der Waals surface area contributed by atoms with Crippen LogP contribution in [0.4, 0.5) is 14.5 Å². The van der Waals surface area contributed by atoms with Gasteiger partial charge in [-0.15, -0.1) is 24.0 Å². The molecule has 0 saturated carbocycles. The second-order valence-electron chi connectivity index (χ2n) is 6.63. The summed E-state index contributed by atoms with van der Waals surface area (Å²) in [5, 5.41) is 6.73. The van der Waals surface area contributed by atoms with Crippen LogP contribution in [0.3, 0.4) is 0 Å². The molecule has 1 unspecified atom stereocenters. The van der Waals surface area contributed by atoms with Gasteiger partial charge in [0.25, 0.3) is 0 Å². The Kier molecular flexibility index (Phi) is 9.43. The largest absolute Gasteiger partial charge is 0.435 e. The quantitative estimate of drug-likeness (QED) is 0.329. The number of ether oxygens (including phenoxy) is 1. The zero-order chi connectivity index (χ0) is 19.8. The Hall–Kier alpha value is -2.10. The molecule has 29 heavy (non-hydrogen) atoms. The second-order valence-corrected chi connectivity index (χ2v) is 6.63. The lowest BCUT2D eigenvalue weighted by Crippen LogP contribution is -2.44. The van der Waals surface area contributed by atoms with E-state index in [1.54, 1.807) is 12.1 Å². The summed E-state index contributed by atoms with van der Waals surface area (Å²) in [7, 11) is 0. The highest BCUT2D eigenvalue weighted by Gasteiger charge is 2.23. The summed E-state index contributed by atoms with van der Waals surface area (Å²) in [6, 6.07) is 17.3. The molecule has 0 bridgehead atoms. The minimum absolute atomic E-state index is 0. The molecule has 5 nitrogen and oxygen atoms in total. The lowest BCUT2D eigenvalue weighted by Gasteiger charge is -2.20. The molecule has 8 heteroatoms. The van der Waals surface area contributed by atoms with Gasteiger partial charge in [0, 0.05) is 31.4 Å².